The monoisotopic (exact) mass is 366 g/mol. The van der Waals surface area contributed by atoms with E-state index < -0.39 is 0 Å². The van der Waals surface area contributed by atoms with Gasteiger partial charge in [0.1, 0.15) is 0 Å². The molecule has 114 valence electrons. The third-order valence-electron chi connectivity index (χ3n) is 3.50. The van der Waals surface area contributed by atoms with Gasteiger partial charge in [-0.25, -0.2) is 0 Å². The predicted octanol–water partition coefficient (Wildman–Crippen LogP) is 5.07. The van der Waals surface area contributed by atoms with Crippen LogP contribution in [0.3, 0.4) is 0 Å². The second-order valence-electron chi connectivity index (χ2n) is 5.16. The summed E-state index contributed by atoms with van der Waals surface area (Å²) in [5, 5.41) is 2.88. The van der Waals surface area contributed by atoms with Crippen molar-refractivity contribution in [3.63, 3.8) is 0 Å². The molecule has 0 unspecified atom stereocenters. The van der Waals surface area contributed by atoms with Crippen molar-refractivity contribution in [1.82, 2.24) is 4.98 Å². The fourth-order valence-electron chi connectivity index (χ4n) is 2.30. The third kappa shape index (κ3) is 3.66. The zero-order valence-electron chi connectivity index (χ0n) is 12.6. The van der Waals surface area contributed by atoms with Gasteiger partial charge in [-0.05, 0) is 43.3 Å². The first-order chi connectivity index (χ1) is 11.1. The van der Waals surface area contributed by atoms with Gasteiger partial charge in [-0.2, -0.15) is 0 Å². The van der Waals surface area contributed by atoms with Crippen molar-refractivity contribution in [2.45, 2.75) is 6.92 Å². The highest BCUT2D eigenvalue weighted by atomic mass is 79.9. The van der Waals surface area contributed by atoms with Crippen LogP contribution in [0.2, 0.25) is 0 Å². The third-order valence-corrected chi connectivity index (χ3v) is 4.03. The van der Waals surface area contributed by atoms with Gasteiger partial charge < -0.3 is 5.32 Å². The molecular formula is C19H15BrN2O. The van der Waals surface area contributed by atoms with Crippen LogP contribution in [0.4, 0.5) is 5.69 Å². The quantitative estimate of drug-likeness (QED) is 0.702. The molecule has 4 heteroatoms. The van der Waals surface area contributed by atoms with Crippen molar-refractivity contribution >= 4 is 27.5 Å². The molecule has 3 aromatic rings. The van der Waals surface area contributed by atoms with E-state index in [1.807, 2.05) is 73.7 Å². The second kappa shape index (κ2) is 6.75. The molecule has 1 amide bonds. The van der Waals surface area contributed by atoms with Gasteiger partial charge in [0.15, 0.2) is 0 Å². The minimum Gasteiger partial charge on any atom is -0.322 e. The zero-order chi connectivity index (χ0) is 16.2. The summed E-state index contributed by atoms with van der Waals surface area (Å²) in [6.07, 6.45) is 0. The minimum atomic E-state index is -0.149. The normalized spacial score (nSPS) is 10.3. The smallest absolute Gasteiger partial charge is 0.257 e. The number of aryl methyl sites for hydroxylation is 1. The molecule has 0 aliphatic rings. The lowest BCUT2D eigenvalue weighted by molar-refractivity contribution is 0.102. The Balaban J connectivity index is 1.84. The molecule has 3 rings (SSSR count). The number of hydrogen-bond donors (Lipinski definition) is 1. The van der Waals surface area contributed by atoms with E-state index >= 15 is 0 Å². The first kappa shape index (κ1) is 15.4. The van der Waals surface area contributed by atoms with E-state index in [0.29, 0.717) is 11.3 Å². The maximum Gasteiger partial charge on any atom is 0.257 e. The number of para-hydroxylation sites is 1. The van der Waals surface area contributed by atoms with Crippen LogP contribution in [0.15, 0.2) is 71.2 Å². The molecule has 1 N–H and O–H groups in total. The Morgan fingerprint density at radius 1 is 0.957 bits per heavy atom. The highest BCUT2D eigenvalue weighted by Gasteiger charge is 2.11. The van der Waals surface area contributed by atoms with Crippen LogP contribution in [-0.4, -0.2) is 10.9 Å². The van der Waals surface area contributed by atoms with Gasteiger partial charge >= 0.3 is 0 Å². The summed E-state index contributed by atoms with van der Waals surface area (Å²) in [6.45, 7) is 1.85. The van der Waals surface area contributed by atoms with E-state index in [2.05, 4.69) is 26.2 Å². The molecule has 23 heavy (non-hydrogen) atoms. The molecule has 0 radical (unpaired) electrons. The van der Waals surface area contributed by atoms with Crippen LogP contribution < -0.4 is 5.32 Å². The number of pyridine rings is 1. The predicted molar refractivity (Wildman–Crippen MR) is 96.5 cm³/mol. The summed E-state index contributed by atoms with van der Waals surface area (Å²) in [5.74, 6) is -0.149. The molecule has 0 saturated carbocycles. The summed E-state index contributed by atoms with van der Waals surface area (Å²) >= 11 is 3.42. The Morgan fingerprint density at radius 2 is 1.65 bits per heavy atom. The Kier molecular flexibility index (Phi) is 4.53. The van der Waals surface area contributed by atoms with E-state index in [1.54, 1.807) is 0 Å². The number of carbonyl (C=O) groups excluding carboxylic acids is 1. The molecule has 0 bridgehead atoms. The van der Waals surface area contributed by atoms with E-state index in [4.69, 9.17) is 0 Å². The maximum absolute atomic E-state index is 12.4. The molecule has 0 aliphatic heterocycles. The van der Waals surface area contributed by atoms with Gasteiger partial charge in [-0.1, -0.05) is 46.3 Å². The summed E-state index contributed by atoms with van der Waals surface area (Å²) < 4.78 is 1.02. The van der Waals surface area contributed by atoms with Crippen LogP contribution in [0.25, 0.3) is 11.3 Å². The van der Waals surface area contributed by atoms with Crippen LogP contribution in [0, 0.1) is 6.92 Å². The SMILES string of the molecule is Cc1nc(-c2ccc(Br)cc2)ccc1C(=O)Nc1ccccc1. The van der Waals surface area contributed by atoms with Gasteiger partial charge in [0.05, 0.1) is 17.0 Å². The molecule has 1 aromatic heterocycles. The van der Waals surface area contributed by atoms with E-state index in [9.17, 15) is 4.79 Å². The standard InChI is InChI=1S/C19H15BrN2O/c1-13-17(19(23)22-16-5-3-2-4-6-16)11-12-18(21-13)14-7-9-15(20)10-8-14/h2-12H,1H3,(H,22,23). The number of anilines is 1. The van der Waals surface area contributed by atoms with E-state index in [-0.39, 0.29) is 5.91 Å². The minimum absolute atomic E-state index is 0.149. The number of halogens is 1. The fourth-order valence-corrected chi connectivity index (χ4v) is 2.57. The molecule has 0 atom stereocenters. The van der Waals surface area contributed by atoms with E-state index in [0.717, 1.165) is 21.4 Å². The molecule has 0 saturated heterocycles. The Hall–Kier alpha value is -2.46. The number of carbonyl (C=O) groups is 1. The average molecular weight is 367 g/mol. The average Bonchev–Trinajstić information content (AvgIpc) is 2.56. The zero-order valence-corrected chi connectivity index (χ0v) is 14.2. The number of nitrogens with zero attached hydrogens (tertiary/aromatic N) is 1. The Morgan fingerprint density at radius 3 is 2.30 bits per heavy atom. The van der Waals surface area contributed by atoms with Crippen molar-refractivity contribution < 1.29 is 4.79 Å². The number of aromatic nitrogens is 1. The highest BCUT2D eigenvalue weighted by molar-refractivity contribution is 9.10. The fraction of sp³-hybridized carbons (Fsp3) is 0.0526. The van der Waals surface area contributed by atoms with Gasteiger partial charge in [0.25, 0.3) is 5.91 Å². The lowest BCUT2D eigenvalue weighted by Gasteiger charge is -2.09. The topological polar surface area (TPSA) is 42.0 Å². The molecule has 0 fully saturated rings. The molecular weight excluding hydrogens is 352 g/mol. The van der Waals surface area contributed by atoms with Gasteiger partial charge in [-0.15, -0.1) is 0 Å². The molecule has 3 nitrogen and oxygen atoms in total. The molecule has 0 aliphatic carbocycles. The summed E-state index contributed by atoms with van der Waals surface area (Å²) in [4.78, 5) is 16.9. The first-order valence-corrected chi connectivity index (χ1v) is 8.03. The van der Waals surface area contributed by atoms with Crippen LogP contribution in [-0.2, 0) is 0 Å². The van der Waals surface area contributed by atoms with Crippen molar-refractivity contribution in [1.29, 1.82) is 0 Å². The van der Waals surface area contributed by atoms with Crippen LogP contribution >= 0.6 is 15.9 Å². The second-order valence-corrected chi connectivity index (χ2v) is 6.07. The van der Waals surface area contributed by atoms with Gasteiger partial charge in [-0.3, -0.25) is 9.78 Å². The Labute approximate surface area is 143 Å². The van der Waals surface area contributed by atoms with Gasteiger partial charge in [0.2, 0.25) is 0 Å². The summed E-state index contributed by atoms with van der Waals surface area (Å²) in [7, 11) is 0. The lowest BCUT2D eigenvalue weighted by Crippen LogP contribution is -2.14. The number of hydrogen-bond acceptors (Lipinski definition) is 2. The molecule has 0 spiro atoms. The maximum atomic E-state index is 12.4. The molecule has 2 aromatic carbocycles. The Bertz CT molecular complexity index is 830. The first-order valence-electron chi connectivity index (χ1n) is 7.23. The number of rotatable bonds is 3. The number of amides is 1. The summed E-state index contributed by atoms with van der Waals surface area (Å²) in [6, 6.07) is 21.0. The largest absolute Gasteiger partial charge is 0.322 e. The van der Waals surface area contributed by atoms with Crippen LogP contribution in [0.1, 0.15) is 16.1 Å². The van der Waals surface area contributed by atoms with Crippen molar-refractivity contribution in [2.75, 3.05) is 5.32 Å². The van der Waals surface area contributed by atoms with E-state index in [1.165, 1.54) is 0 Å². The molecule has 1 heterocycles. The highest BCUT2D eigenvalue weighted by Crippen LogP contribution is 2.22. The van der Waals surface area contributed by atoms with Crippen LogP contribution in [0.5, 0.6) is 0 Å². The van der Waals surface area contributed by atoms with Crippen molar-refractivity contribution in [3.05, 3.63) is 82.5 Å². The lowest BCUT2D eigenvalue weighted by atomic mass is 10.1. The number of benzene rings is 2. The number of nitrogens with one attached hydrogen (secondary N) is 1. The summed E-state index contributed by atoms with van der Waals surface area (Å²) in [5.41, 5.74) is 3.93. The van der Waals surface area contributed by atoms with Gasteiger partial charge in [0, 0.05) is 15.7 Å². The van der Waals surface area contributed by atoms with Crippen molar-refractivity contribution in [3.8, 4) is 11.3 Å². The van der Waals surface area contributed by atoms with Crippen molar-refractivity contribution in [2.24, 2.45) is 0 Å².